The smallest absolute Gasteiger partial charge is 0.332 e. The number of nitrogens with one attached hydrogen (secondary N) is 1. The first-order chi connectivity index (χ1) is 6.60. The van der Waals surface area contributed by atoms with Gasteiger partial charge in [-0.25, -0.2) is 4.79 Å². The van der Waals surface area contributed by atoms with Crippen molar-refractivity contribution in [1.29, 1.82) is 0 Å². The van der Waals surface area contributed by atoms with Crippen LogP contribution >= 0.6 is 0 Å². The van der Waals surface area contributed by atoms with E-state index < -0.39 is 5.97 Å². The number of carbonyl (C=O) groups is 2. The lowest BCUT2D eigenvalue weighted by atomic mass is 10.3. The van der Waals surface area contributed by atoms with E-state index in [0.29, 0.717) is 18.7 Å². The molecule has 0 bridgehead atoms. The molecule has 0 aliphatic rings. The molecule has 0 atom stereocenters. The van der Waals surface area contributed by atoms with Crippen LogP contribution in [-0.4, -0.2) is 18.5 Å². The second-order valence-electron chi connectivity index (χ2n) is 2.88. The minimum absolute atomic E-state index is 0.0782. The second kappa shape index (κ2) is 7.12. The first-order valence-electron chi connectivity index (χ1n) is 4.75. The fourth-order valence-corrected chi connectivity index (χ4v) is 0.906. The molecule has 0 aromatic rings. The van der Waals surface area contributed by atoms with Gasteiger partial charge in [-0.15, -0.1) is 0 Å². The number of esters is 1. The topological polar surface area (TPSA) is 55.4 Å². The average molecular weight is 199 g/mol. The minimum Gasteiger partial charge on any atom is -0.463 e. The highest BCUT2D eigenvalue weighted by molar-refractivity contribution is 5.84. The van der Waals surface area contributed by atoms with Crippen LogP contribution in [0.2, 0.25) is 0 Å². The highest BCUT2D eigenvalue weighted by atomic mass is 16.5. The predicted molar refractivity (Wildman–Crippen MR) is 53.4 cm³/mol. The third-order valence-electron chi connectivity index (χ3n) is 1.43. The molecule has 0 rings (SSSR count). The Balaban J connectivity index is 3.99. The van der Waals surface area contributed by atoms with E-state index in [1.54, 1.807) is 13.8 Å². The lowest BCUT2D eigenvalue weighted by Gasteiger charge is -2.03. The maximum atomic E-state index is 11.1. The summed E-state index contributed by atoms with van der Waals surface area (Å²) in [5, 5.41) is 2.59. The second-order valence-corrected chi connectivity index (χ2v) is 2.88. The summed E-state index contributed by atoms with van der Waals surface area (Å²) in [6.07, 6.45) is 2.53. The number of carbonyl (C=O) groups excluding carboxylic acids is 2. The first kappa shape index (κ1) is 12.7. The quantitative estimate of drug-likeness (QED) is 0.537. The average Bonchev–Trinajstić information content (AvgIpc) is 2.03. The summed E-state index contributed by atoms with van der Waals surface area (Å²) in [5.74, 6) is -0.507. The van der Waals surface area contributed by atoms with Crippen LogP contribution in [0.3, 0.4) is 0 Å². The molecule has 1 N–H and O–H groups in total. The zero-order valence-corrected chi connectivity index (χ0v) is 8.92. The van der Waals surface area contributed by atoms with Crippen LogP contribution in [0.5, 0.6) is 0 Å². The zero-order valence-electron chi connectivity index (χ0n) is 8.92. The molecule has 0 aliphatic heterocycles. The van der Waals surface area contributed by atoms with Crippen LogP contribution in [-0.2, 0) is 14.3 Å². The van der Waals surface area contributed by atoms with Crippen molar-refractivity contribution in [2.24, 2.45) is 0 Å². The molecule has 0 aromatic heterocycles. The Labute approximate surface area is 84.3 Å². The highest BCUT2D eigenvalue weighted by Gasteiger charge is 2.01. The van der Waals surface area contributed by atoms with Gasteiger partial charge in [-0.3, -0.25) is 4.79 Å². The van der Waals surface area contributed by atoms with Gasteiger partial charge in [0.1, 0.15) is 0 Å². The van der Waals surface area contributed by atoms with E-state index in [1.165, 1.54) is 6.08 Å². The van der Waals surface area contributed by atoms with Crippen molar-refractivity contribution < 1.29 is 14.3 Å². The molecule has 0 heterocycles. The van der Waals surface area contributed by atoms with Gasteiger partial charge in [0.2, 0.25) is 5.91 Å². The molecule has 0 fully saturated rings. The molecule has 80 valence electrons. The van der Waals surface area contributed by atoms with Crippen molar-refractivity contribution in [1.82, 2.24) is 5.32 Å². The van der Waals surface area contributed by atoms with Crippen molar-refractivity contribution in [3.8, 4) is 0 Å². The molecule has 1 amide bonds. The lowest BCUT2D eigenvalue weighted by molar-refractivity contribution is -0.137. The van der Waals surface area contributed by atoms with Gasteiger partial charge < -0.3 is 10.1 Å². The summed E-state index contributed by atoms with van der Waals surface area (Å²) in [4.78, 5) is 22.0. The number of amides is 1. The summed E-state index contributed by atoms with van der Waals surface area (Å²) in [5.41, 5.74) is 0.516. The van der Waals surface area contributed by atoms with Gasteiger partial charge in [-0.1, -0.05) is 6.92 Å². The van der Waals surface area contributed by atoms with Crippen LogP contribution in [0.4, 0.5) is 0 Å². The van der Waals surface area contributed by atoms with Crippen LogP contribution in [0.1, 0.15) is 33.6 Å². The lowest BCUT2D eigenvalue weighted by Crippen LogP contribution is -2.21. The van der Waals surface area contributed by atoms with Gasteiger partial charge in [-0.2, -0.15) is 0 Å². The highest BCUT2D eigenvalue weighted by Crippen LogP contribution is 1.93. The number of ether oxygens (including phenoxy) is 1. The van der Waals surface area contributed by atoms with Crippen molar-refractivity contribution in [3.63, 3.8) is 0 Å². The van der Waals surface area contributed by atoms with E-state index in [4.69, 9.17) is 0 Å². The molecule has 0 radical (unpaired) electrons. The molecule has 0 aliphatic carbocycles. The molecule has 0 spiro atoms. The number of rotatable bonds is 5. The van der Waals surface area contributed by atoms with E-state index in [9.17, 15) is 9.59 Å². The summed E-state index contributed by atoms with van der Waals surface area (Å²) in [6.45, 7) is 5.65. The van der Waals surface area contributed by atoms with Crippen LogP contribution in [0.25, 0.3) is 0 Å². The van der Waals surface area contributed by atoms with E-state index >= 15 is 0 Å². The Morgan fingerprint density at radius 3 is 2.50 bits per heavy atom. The monoisotopic (exact) mass is 199 g/mol. The maximum Gasteiger partial charge on any atom is 0.332 e. The SMILES string of the molecule is CCCC(=O)N/C(C)=C\C(=O)OCC. The molecular formula is C10H17NO3. The fourth-order valence-electron chi connectivity index (χ4n) is 0.906. The summed E-state index contributed by atoms with van der Waals surface area (Å²) >= 11 is 0. The molecule has 4 heteroatoms. The minimum atomic E-state index is -0.429. The zero-order chi connectivity index (χ0) is 11.0. The van der Waals surface area contributed by atoms with Crippen molar-refractivity contribution in [2.75, 3.05) is 6.61 Å². The van der Waals surface area contributed by atoms with Crippen LogP contribution in [0.15, 0.2) is 11.8 Å². The van der Waals surface area contributed by atoms with Crippen molar-refractivity contribution in [3.05, 3.63) is 11.8 Å². The van der Waals surface area contributed by atoms with E-state index in [0.717, 1.165) is 6.42 Å². The summed E-state index contributed by atoms with van der Waals surface area (Å²) < 4.78 is 4.69. The number of allylic oxidation sites excluding steroid dienone is 1. The Morgan fingerprint density at radius 1 is 1.36 bits per heavy atom. The third kappa shape index (κ3) is 6.22. The van der Waals surface area contributed by atoms with Gasteiger partial charge in [0.05, 0.1) is 6.61 Å². The molecule has 0 saturated carbocycles. The van der Waals surface area contributed by atoms with Crippen molar-refractivity contribution >= 4 is 11.9 Å². The Hall–Kier alpha value is -1.32. The standard InChI is InChI=1S/C10H17NO3/c1-4-6-9(12)11-8(3)7-10(13)14-5-2/h7H,4-6H2,1-3H3,(H,11,12)/b8-7-. The van der Waals surface area contributed by atoms with E-state index in [-0.39, 0.29) is 5.91 Å². The molecule has 0 aromatic carbocycles. The normalized spacial score (nSPS) is 10.9. The Morgan fingerprint density at radius 2 is 2.00 bits per heavy atom. The molecule has 14 heavy (non-hydrogen) atoms. The Kier molecular flexibility index (Phi) is 6.45. The van der Waals surface area contributed by atoms with Crippen molar-refractivity contribution in [2.45, 2.75) is 33.6 Å². The molecule has 0 unspecified atom stereocenters. The van der Waals surface area contributed by atoms with Gasteiger partial charge in [0, 0.05) is 18.2 Å². The summed E-state index contributed by atoms with van der Waals surface area (Å²) in [7, 11) is 0. The number of hydrogen-bond donors (Lipinski definition) is 1. The largest absolute Gasteiger partial charge is 0.463 e. The predicted octanol–water partition coefficient (Wildman–Crippen LogP) is 1.37. The van der Waals surface area contributed by atoms with Gasteiger partial charge in [0.25, 0.3) is 0 Å². The molecule has 4 nitrogen and oxygen atoms in total. The first-order valence-corrected chi connectivity index (χ1v) is 4.75. The van der Waals surface area contributed by atoms with Crippen LogP contribution < -0.4 is 5.32 Å². The van der Waals surface area contributed by atoms with E-state index in [1.807, 2.05) is 6.92 Å². The van der Waals surface area contributed by atoms with E-state index in [2.05, 4.69) is 10.1 Å². The maximum absolute atomic E-state index is 11.1. The molecule has 0 saturated heterocycles. The van der Waals surface area contributed by atoms with Gasteiger partial charge in [-0.05, 0) is 20.3 Å². The van der Waals surface area contributed by atoms with Crippen LogP contribution in [0, 0.1) is 0 Å². The summed E-state index contributed by atoms with van der Waals surface area (Å²) in [6, 6.07) is 0. The Bertz CT molecular complexity index is 234. The number of hydrogen-bond acceptors (Lipinski definition) is 3. The third-order valence-corrected chi connectivity index (χ3v) is 1.43. The van der Waals surface area contributed by atoms with Gasteiger partial charge in [0.15, 0.2) is 0 Å². The molecular weight excluding hydrogens is 182 g/mol. The van der Waals surface area contributed by atoms with Gasteiger partial charge >= 0.3 is 5.97 Å². The fraction of sp³-hybridized carbons (Fsp3) is 0.600.